The first-order valence-corrected chi connectivity index (χ1v) is 8.30. The summed E-state index contributed by atoms with van der Waals surface area (Å²) in [7, 11) is 1.60. The summed E-state index contributed by atoms with van der Waals surface area (Å²) in [5.41, 5.74) is 1.64. The van der Waals surface area contributed by atoms with E-state index in [0.717, 1.165) is 37.0 Å². The topological polar surface area (TPSA) is 67.3 Å². The van der Waals surface area contributed by atoms with Crippen LogP contribution in [0.3, 0.4) is 0 Å². The number of rotatable bonds is 6. The highest BCUT2D eigenvalue weighted by atomic mass is 19.1. The van der Waals surface area contributed by atoms with Gasteiger partial charge in [-0.3, -0.25) is 9.78 Å². The molecule has 0 aliphatic carbocycles. The van der Waals surface area contributed by atoms with Crippen molar-refractivity contribution >= 4 is 17.4 Å². The van der Waals surface area contributed by atoms with E-state index < -0.39 is 0 Å². The van der Waals surface area contributed by atoms with E-state index in [1.54, 1.807) is 19.4 Å². The molecule has 1 fully saturated rings. The number of amides is 1. The molecule has 0 radical (unpaired) electrons. The van der Waals surface area contributed by atoms with Crippen LogP contribution in [0.2, 0.25) is 0 Å². The maximum atomic E-state index is 12.9. The Balaban J connectivity index is 1.66. The summed E-state index contributed by atoms with van der Waals surface area (Å²) in [5, 5.41) is 3.07. The fourth-order valence-electron chi connectivity index (χ4n) is 2.98. The molecule has 0 spiro atoms. The van der Waals surface area contributed by atoms with Crippen molar-refractivity contribution in [3.8, 4) is 0 Å². The molecule has 3 rings (SSSR count). The zero-order chi connectivity index (χ0) is 17.6. The number of halogens is 1. The number of likely N-dealkylation sites (tertiary alicyclic amines) is 1. The smallest absolute Gasteiger partial charge is 0.225 e. The molecular formula is C18H21FN4O2. The number of nitrogens with one attached hydrogen (secondary N) is 1. The second kappa shape index (κ2) is 8.02. The highest BCUT2D eigenvalue weighted by Gasteiger charge is 2.30. The van der Waals surface area contributed by atoms with Crippen LogP contribution in [0.25, 0.3) is 0 Å². The number of ether oxygens (including phenoxy) is 1. The Labute approximate surface area is 146 Å². The molecule has 1 N–H and O–H groups in total. The summed E-state index contributed by atoms with van der Waals surface area (Å²) in [6.45, 7) is 1.19. The molecule has 0 bridgehead atoms. The van der Waals surface area contributed by atoms with E-state index in [1.807, 2.05) is 17.0 Å². The van der Waals surface area contributed by atoms with Crippen molar-refractivity contribution in [3.63, 3.8) is 0 Å². The quantitative estimate of drug-likeness (QED) is 0.872. The van der Waals surface area contributed by atoms with Crippen molar-refractivity contribution in [2.24, 2.45) is 0 Å². The van der Waals surface area contributed by atoms with Gasteiger partial charge < -0.3 is 15.0 Å². The van der Waals surface area contributed by atoms with Crippen LogP contribution in [0.4, 0.5) is 15.9 Å². The normalized spacial score (nSPS) is 16.9. The summed E-state index contributed by atoms with van der Waals surface area (Å²) in [6, 6.07) is 6.74. The average Bonchev–Trinajstić information content (AvgIpc) is 3.12. The van der Waals surface area contributed by atoms with Crippen LogP contribution < -0.4 is 5.32 Å². The van der Waals surface area contributed by atoms with E-state index in [-0.39, 0.29) is 17.8 Å². The molecule has 3 heterocycles. The minimum atomic E-state index is -0.376. The van der Waals surface area contributed by atoms with Crippen molar-refractivity contribution in [1.82, 2.24) is 14.9 Å². The summed E-state index contributed by atoms with van der Waals surface area (Å²) < 4.78 is 17.9. The largest absolute Gasteiger partial charge is 0.384 e. The Bertz CT molecular complexity index is 706. The third-order valence-corrected chi connectivity index (χ3v) is 4.22. The van der Waals surface area contributed by atoms with Crippen LogP contribution in [0, 0.1) is 5.82 Å². The van der Waals surface area contributed by atoms with Crippen LogP contribution in [0.5, 0.6) is 0 Å². The first-order chi connectivity index (χ1) is 12.2. The monoisotopic (exact) mass is 344 g/mol. The Morgan fingerprint density at radius 2 is 2.20 bits per heavy atom. The Morgan fingerprint density at radius 3 is 2.88 bits per heavy atom. The molecule has 1 amide bonds. The molecule has 25 heavy (non-hydrogen) atoms. The van der Waals surface area contributed by atoms with E-state index in [4.69, 9.17) is 4.74 Å². The number of anilines is 2. The first kappa shape index (κ1) is 17.3. The van der Waals surface area contributed by atoms with Gasteiger partial charge in [-0.25, -0.2) is 9.37 Å². The van der Waals surface area contributed by atoms with Crippen LogP contribution in [0.1, 0.15) is 31.0 Å². The number of carbonyl (C=O) groups is 1. The standard InChI is InChI=1S/C18H21FN4O2/c1-25-10-8-18(24)23-9-2-3-16(23)15-6-5-14(12-20-15)22-17-7-4-13(19)11-21-17/h4-7,11-12,16H,2-3,8-10H2,1H3,(H,21,22). The van der Waals surface area contributed by atoms with E-state index in [0.29, 0.717) is 18.8 Å². The van der Waals surface area contributed by atoms with Crippen LogP contribution in [-0.2, 0) is 9.53 Å². The van der Waals surface area contributed by atoms with Crippen molar-refractivity contribution in [2.75, 3.05) is 25.6 Å². The van der Waals surface area contributed by atoms with Crippen molar-refractivity contribution in [1.29, 1.82) is 0 Å². The Morgan fingerprint density at radius 1 is 1.32 bits per heavy atom. The summed E-state index contributed by atoms with van der Waals surface area (Å²) >= 11 is 0. The number of aromatic nitrogens is 2. The average molecular weight is 344 g/mol. The Hall–Kier alpha value is -2.54. The molecule has 2 aromatic rings. The lowest BCUT2D eigenvalue weighted by Crippen LogP contribution is -2.31. The number of carbonyl (C=O) groups excluding carboxylic acids is 1. The SMILES string of the molecule is COCCC(=O)N1CCCC1c1ccc(Nc2ccc(F)cn2)cn1. The molecule has 1 aliphatic heterocycles. The van der Waals surface area contributed by atoms with E-state index >= 15 is 0 Å². The molecule has 7 heteroatoms. The minimum absolute atomic E-state index is 0.0161. The van der Waals surface area contributed by atoms with Crippen molar-refractivity contribution < 1.29 is 13.9 Å². The molecule has 0 aromatic carbocycles. The number of methoxy groups -OCH3 is 1. The summed E-state index contributed by atoms with van der Waals surface area (Å²) in [4.78, 5) is 22.6. The predicted molar refractivity (Wildman–Crippen MR) is 91.9 cm³/mol. The summed E-state index contributed by atoms with van der Waals surface area (Å²) in [6.07, 6.45) is 5.15. The lowest BCUT2D eigenvalue weighted by molar-refractivity contribution is -0.133. The Kier molecular flexibility index (Phi) is 5.55. The van der Waals surface area contributed by atoms with E-state index in [1.165, 1.54) is 6.07 Å². The molecule has 1 saturated heterocycles. The van der Waals surface area contributed by atoms with Gasteiger partial charge in [0.05, 0.1) is 42.8 Å². The van der Waals surface area contributed by atoms with Gasteiger partial charge in [-0.05, 0) is 37.1 Å². The van der Waals surface area contributed by atoms with Gasteiger partial charge in [-0.2, -0.15) is 0 Å². The molecule has 132 valence electrons. The van der Waals surface area contributed by atoms with Gasteiger partial charge in [0.2, 0.25) is 5.91 Å². The number of pyridine rings is 2. The summed E-state index contributed by atoms with van der Waals surface area (Å²) in [5.74, 6) is 0.274. The van der Waals surface area contributed by atoms with E-state index in [9.17, 15) is 9.18 Å². The highest BCUT2D eigenvalue weighted by Crippen LogP contribution is 2.31. The zero-order valence-electron chi connectivity index (χ0n) is 14.1. The van der Waals surface area contributed by atoms with Crippen molar-refractivity contribution in [2.45, 2.75) is 25.3 Å². The predicted octanol–water partition coefficient (Wildman–Crippen LogP) is 3.06. The van der Waals surface area contributed by atoms with Gasteiger partial charge in [0, 0.05) is 13.7 Å². The zero-order valence-corrected chi connectivity index (χ0v) is 14.1. The fourth-order valence-corrected chi connectivity index (χ4v) is 2.98. The minimum Gasteiger partial charge on any atom is -0.384 e. The second-order valence-electron chi connectivity index (χ2n) is 5.95. The lowest BCUT2D eigenvalue weighted by atomic mass is 10.1. The van der Waals surface area contributed by atoms with Gasteiger partial charge >= 0.3 is 0 Å². The molecule has 1 atom stereocenters. The van der Waals surface area contributed by atoms with Crippen LogP contribution in [0.15, 0.2) is 36.7 Å². The molecule has 1 unspecified atom stereocenters. The number of nitrogens with zero attached hydrogens (tertiary/aromatic N) is 3. The fraction of sp³-hybridized carbons (Fsp3) is 0.389. The van der Waals surface area contributed by atoms with Gasteiger partial charge in [0.1, 0.15) is 11.6 Å². The maximum absolute atomic E-state index is 12.9. The van der Waals surface area contributed by atoms with Crippen LogP contribution in [-0.4, -0.2) is 41.0 Å². The molecular weight excluding hydrogens is 323 g/mol. The van der Waals surface area contributed by atoms with Gasteiger partial charge in [0.15, 0.2) is 0 Å². The second-order valence-corrected chi connectivity index (χ2v) is 5.95. The highest BCUT2D eigenvalue weighted by molar-refractivity contribution is 5.77. The molecule has 2 aromatic heterocycles. The maximum Gasteiger partial charge on any atom is 0.225 e. The molecule has 1 aliphatic rings. The molecule has 0 saturated carbocycles. The number of hydrogen-bond donors (Lipinski definition) is 1. The van der Waals surface area contributed by atoms with Gasteiger partial charge in [-0.1, -0.05) is 0 Å². The third-order valence-electron chi connectivity index (χ3n) is 4.22. The molecule has 6 nitrogen and oxygen atoms in total. The van der Waals surface area contributed by atoms with Gasteiger partial charge in [0.25, 0.3) is 0 Å². The first-order valence-electron chi connectivity index (χ1n) is 8.30. The number of hydrogen-bond acceptors (Lipinski definition) is 5. The van der Waals surface area contributed by atoms with Gasteiger partial charge in [-0.15, -0.1) is 0 Å². The van der Waals surface area contributed by atoms with Crippen LogP contribution >= 0.6 is 0 Å². The van der Waals surface area contributed by atoms with E-state index in [2.05, 4.69) is 15.3 Å². The lowest BCUT2D eigenvalue weighted by Gasteiger charge is -2.24. The third kappa shape index (κ3) is 4.30. The van der Waals surface area contributed by atoms with Crippen molar-refractivity contribution in [3.05, 3.63) is 48.2 Å².